The number of nitrogens with zero attached hydrogens (tertiary/aromatic N) is 2. The highest BCUT2D eigenvalue weighted by atomic mass is 16.5. The molecule has 0 spiro atoms. The summed E-state index contributed by atoms with van der Waals surface area (Å²) in [4.78, 5) is 4.99. The van der Waals surface area contributed by atoms with Gasteiger partial charge in [-0.15, -0.1) is 0 Å². The Morgan fingerprint density at radius 1 is 1.11 bits per heavy atom. The van der Waals surface area contributed by atoms with Crippen molar-refractivity contribution >= 4 is 0 Å². The first kappa shape index (κ1) is 13.4. The van der Waals surface area contributed by atoms with Crippen LogP contribution < -0.4 is 4.74 Å². The summed E-state index contributed by atoms with van der Waals surface area (Å²) in [6, 6.07) is 8.26. The first-order valence-electron chi connectivity index (χ1n) is 6.92. The van der Waals surface area contributed by atoms with Crippen LogP contribution in [0.5, 0.6) is 5.75 Å². The molecule has 0 unspecified atom stereocenters. The van der Waals surface area contributed by atoms with Gasteiger partial charge in [-0.1, -0.05) is 19.1 Å². The van der Waals surface area contributed by atoms with Crippen LogP contribution in [0.2, 0.25) is 0 Å². The third kappa shape index (κ3) is 4.00. The number of hydrogen-bond acceptors (Lipinski definition) is 3. The topological polar surface area (TPSA) is 15.7 Å². The molecule has 3 nitrogen and oxygen atoms in total. The van der Waals surface area contributed by atoms with E-state index < -0.39 is 0 Å². The molecule has 0 N–H and O–H groups in total. The summed E-state index contributed by atoms with van der Waals surface area (Å²) in [7, 11) is 0. The molecule has 3 heteroatoms. The maximum atomic E-state index is 5.79. The zero-order chi connectivity index (χ0) is 12.8. The van der Waals surface area contributed by atoms with E-state index in [1.165, 1.54) is 38.3 Å². The van der Waals surface area contributed by atoms with Crippen molar-refractivity contribution in [3.63, 3.8) is 0 Å². The van der Waals surface area contributed by atoms with Gasteiger partial charge in [-0.2, -0.15) is 0 Å². The van der Waals surface area contributed by atoms with Gasteiger partial charge in [0.05, 0.1) is 0 Å². The van der Waals surface area contributed by atoms with Crippen molar-refractivity contribution in [2.24, 2.45) is 0 Å². The Hall–Kier alpha value is -1.06. The summed E-state index contributed by atoms with van der Waals surface area (Å²) in [6.45, 7) is 12.1. The van der Waals surface area contributed by atoms with Crippen LogP contribution in [0, 0.1) is 6.92 Å². The average Bonchev–Trinajstić information content (AvgIpc) is 2.40. The molecule has 100 valence electrons. The van der Waals surface area contributed by atoms with Gasteiger partial charge in [0.15, 0.2) is 0 Å². The van der Waals surface area contributed by atoms with E-state index in [1.807, 2.05) is 12.1 Å². The Balaban J connectivity index is 1.67. The maximum absolute atomic E-state index is 5.79. The Morgan fingerprint density at radius 2 is 1.83 bits per heavy atom. The zero-order valence-electron chi connectivity index (χ0n) is 11.6. The van der Waals surface area contributed by atoms with Gasteiger partial charge in [-0.25, -0.2) is 0 Å². The Kier molecular flexibility index (Phi) is 5.02. The van der Waals surface area contributed by atoms with Crippen LogP contribution in [-0.2, 0) is 0 Å². The molecule has 18 heavy (non-hydrogen) atoms. The molecule has 0 aliphatic carbocycles. The fourth-order valence-electron chi connectivity index (χ4n) is 2.33. The quantitative estimate of drug-likeness (QED) is 0.793. The van der Waals surface area contributed by atoms with Crippen molar-refractivity contribution in [3.8, 4) is 5.75 Å². The van der Waals surface area contributed by atoms with Crippen molar-refractivity contribution in [1.82, 2.24) is 9.80 Å². The molecule has 2 rings (SSSR count). The largest absolute Gasteiger partial charge is 0.492 e. The molecule has 0 radical (unpaired) electrons. The number of hydrogen-bond donors (Lipinski definition) is 0. The molecule has 1 aliphatic heterocycles. The number of rotatable bonds is 5. The Bertz CT molecular complexity index is 359. The second-order valence-corrected chi connectivity index (χ2v) is 4.94. The van der Waals surface area contributed by atoms with Crippen molar-refractivity contribution in [2.45, 2.75) is 13.8 Å². The fraction of sp³-hybridized carbons (Fsp3) is 0.600. The van der Waals surface area contributed by atoms with E-state index in [2.05, 4.69) is 35.8 Å². The third-order valence-corrected chi connectivity index (χ3v) is 3.58. The average molecular weight is 248 g/mol. The van der Waals surface area contributed by atoms with Gasteiger partial charge >= 0.3 is 0 Å². The number of benzene rings is 1. The van der Waals surface area contributed by atoms with Crippen molar-refractivity contribution in [1.29, 1.82) is 0 Å². The minimum Gasteiger partial charge on any atom is -0.492 e. The Morgan fingerprint density at radius 3 is 2.50 bits per heavy atom. The lowest BCUT2D eigenvalue weighted by Crippen LogP contribution is -2.47. The van der Waals surface area contributed by atoms with E-state index in [-0.39, 0.29) is 0 Å². The van der Waals surface area contributed by atoms with Gasteiger partial charge in [0.1, 0.15) is 12.4 Å². The molecule has 0 amide bonds. The van der Waals surface area contributed by atoms with Crippen molar-refractivity contribution in [2.75, 3.05) is 45.9 Å². The molecule has 1 fully saturated rings. The molecule has 1 heterocycles. The molecule has 0 saturated carbocycles. The number of aryl methyl sites for hydroxylation is 1. The minimum absolute atomic E-state index is 0.787. The zero-order valence-corrected chi connectivity index (χ0v) is 11.6. The molecule has 1 aliphatic rings. The normalized spacial score (nSPS) is 17.9. The number of piperazine rings is 1. The van der Waals surface area contributed by atoms with E-state index >= 15 is 0 Å². The SMILES string of the molecule is CCN1CCN(CCOc2cccc(C)c2)CC1. The summed E-state index contributed by atoms with van der Waals surface area (Å²) < 4.78 is 5.79. The van der Waals surface area contributed by atoms with Gasteiger partial charge in [0, 0.05) is 32.7 Å². The van der Waals surface area contributed by atoms with Crippen LogP contribution in [0.4, 0.5) is 0 Å². The molecule has 1 aromatic rings. The van der Waals surface area contributed by atoms with Crippen LogP contribution in [-0.4, -0.2) is 55.7 Å². The van der Waals surface area contributed by atoms with Crippen molar-refractivity contribution in [3.05, 3.63) is 29.8 Å². The van der Waals surface area contributed by atoms with Gasteiger partial charge < -0.3 is 9.64 Å². The molecule has 0 atom stereocenters. The van der Waals surface area contributed by atoms with Crippen LogP contribution in [0.25, 0.3) is 0 Å². The van der Waals surface area contributed by atoms with Gasteiger partial charge in [-0.05, 0) is 31.2 Å². The smallest absolute Gasteiger partial charge is 0.119 e. The van der Waals surface area contributed by atoms with E-state index in [9.17, 15) is 0 Å². The number of ether oxygens (including phenoxy) is 1. The molecule has 0 aromatic heterocycles. The molecular formula is C15H24N2O. The standard InChI is InChI=1S/C15H24N2O/c1-3-16-7-9-17(10-8-16)11-12-18-15-6-4-5-14(2)13-15/h4-6,13H,3,7-12H2,1-2H3. The third-order valence-electron chi connectivity index (χ3n) is 3.58. The number of likely N-dealkylation sites (N-methyl/N-ethyl adjacent to an activating group) is 1. The van der Waals surface area contributed by atoms with E-state index in [1.54, 1.807) is 0 Å². The predicted molar refractivity (Wildman–Crippen MR) is 75.2 cm³/mol. The summed E-state index contributed by atoms with van der Waals surface area (Å²) in [5.74, 6) is 0.988. The fourth-order valence-corrected chi connectivity index (χ4v) is 2.33. The second kappa shape index (κ2) is 6.76. The molecule has 1 aromatic carbocycles. The van der Waals surface area contributed by atoms with E-state index in [4.69, 9.17) is 4.74 Å². The lowest BCUT2D eigenvalue weighted by molar-refractivity contribution is 0.121. The van der Waals surface area contributed by atoms with Gasteiger partial charge in [0.25, 0.3) is 0 Å². The lowest BCUT2D eigenvalue weighted by atomic mass is 10.2. The van der Waals surface area contributed by atoms with Crippen LogP contribution in [0.1, 0.15) is 12.5 Å². The second-order valence-electron chi connectivity index (χ2n) is 4.94. The van der Waals surface area contributed by atoms with Gasteiger partial charge in [-0.3, -0.25) is 4.90 Å². The molecule has 0 bridgehead atoms. The first-order chi connectivity index (χ1) is 8.78. The molecule has 1 saturated heterocycles. The summed E-state index contributed by atoms with van der Waals surface area (Å²) in [5.41, 5.74) is 1.25. The van der Waals surface area contributed by atoms with Crippen LogP contribution >= 0.6 is 0 Å². The van der Waals surface area contributed by atoms with E-state index in [0.717, 1.165) is 18.9 Å². The first-order valence-corrected chi connectivity index (χ1v) is 6.92. The predicted octanol–water partition coefficient (Wildman–Crippen LogP) is 2.01. The summed E-state index contributed by atoms with van der Waals surface area (Å²) in [5, 5.41) is 0. The van der Waals surface area contributed by atoms with E-state index in [0.29, 0.717) is 0 Å². The maximum Gasteiger partial charge on any atom is 0.119 e. The highest BCUT2D eigenvalue weighted by Gasteiger charge is 2.14. The highest BCUT2D eigenvalue weighted by molar-refractivity contribution is 5.27. The Labute approximate surface area is 110 Å². The lowest BCUT2D eigenvalue weighted by Gasteiger charge is -2.33. The van der Waals surface area contributed by atoms with Gasteiger partial charge in [0.2, 0.25) is 0 Å². The van der Waals surface area contributed by atoms with Crippen LogP contribution in [0.3, 0.4) is 0 Å². The monoisotopic (exact) mass is 248 g/mol. The van der Waals surface area contributed by atoms with Crippen LogP contribution in [0.15, 0.2) is 24.3 Å². The minimum atomic E-state index is 0.787. The summed E-state index contributed by atoms with van der Waals surface area (Å²) >= 11 is 0. The summed E-state index contributed by atoms with van der Waals surface area (Å²) in [6.07, 6.45) is 0. The highest BCUT2D eigenvalue weighted by Crippen LogP contribution is 2.12. The molecular weight excluding hydrogens is 224 g/mol. The van der Waals surface area contributed by atoms with Crippen molar-refractivity contribution < 1.29 is 4.74 Å².